The van der Waals surface area contributed by atoms with Gasteiger partial charge in [0.2, 0.25) is 0 Å². The van der Waals surface area contributed by atoms with Crippen molar-refractivity contribution >= 4 is 17.7 Å². The molecule has 0 spiro atoms. The first-order chi connectivity index (χ1) is 8.02. The molecule has 3 amide bonds. The van der Waals surface area contributed by atoms with E-state index in [9.17, 15) is 14.4 Å². The Bertz CT molecular complexity index is 513. The van der Waals surface area contributed by atoms with Crippen molar-refractivity contribution in [3.8, 4) is 0 Å². The second-order valence-electron chi connectivity index (χ2n) is 3.71. The summed E-state index contributed by atoms with van der Waals surface area (Å²) in [7, 11) is 0. The van der Waals surface area contributed by atoms with E-state index in [1.54, 1.807) is 24.3 Å². The molecule has 0 aliphatic carbocycles. The van der Waals surface area contributed by atoms with Crippen LogP contribution in [0.15, 0.2) is 36.4 Å². The molecule has 0 bridgehead atoms. The summed E-state index contributed by atoms with van der Waals surface area (Å²) in [5, 5.41) is 0.710. The maximum absolute atomic E-state index is 11.8. The Kier molecular flexibility index (Phi) is 2.51. The first kappa shape index (κ1) is 11.1. The largest absolute Gasteiger partial charge is 0.280 e. The molecule has 17 heavy (non-hydrogen) atoms. The highest BCUT2D eigenvalue weighted by atomic mass is 16.2. The van der Waals surface area contributed by atoms with Gasteiger partial charge in [-0.05, 0) is 19.1 Å². The van der Waals surface area contributed by atoms with E-state index in [1.807, 2.05) is 0 Å². The lowest BCUT2D eigenvalue weighted by atomic mass is 10.1. The van der Waals surface area contributed by atoms with Gasteiger partial charge in [0.15, 0.2) is 0 Å². The maximum Gasteiger partial charge on any atom is 0.280 e. The van der Waals surface area contributed by atoms with Crippen molar-refractivity contribution in [3.63, 3.8) is 0 Å². The van der Waals surface area contributed by atoms with Crippen molar-refractivity contribution in [2.75, 3.05) is 0 Å². The van der Waals surface area contributed by atoms with Gasteiger partial charge in [-0.1, -0.05) is 18.7 Å². The molecule has 0 radical (unpaired) electrons. The molecule has 1 aromatic carbocycles. The van der Waals surface area contributed by atoms with E-state index in [4.69, 9.17) is 0 Å². The van der Waals surface area contributed by atoms with Crippen LogP contribution >= 0.6 is 0 Å². The van der Waals surface area contributed by atoms with Crippen LogP contribution in [-0.2, 0) is 4.79 Å². The molecule has 5 heteroatoms. The molecule has 2 rings (SSSR count). The van der Waals surface area contributed by atoms with Crippen LogP contribution in [0.25, 0.3) is 0 Å². The van der Waals surface area contributed by atoms with E-state index in [0.29, 0.717) is 16.1 Å². The minimum absolute atomic E-state index is 0.224. The number of nitrogens with one attached hydrogen (secondary N) is 1. The molecule has 0 fully saturated rings. The molecule has 1 N–H and O–H groups in total. The van der Waals surface area contributed by atoms with Gasteiger partial charge >= 0.3 is 0 Å². The zero-order valence-electron chi connectivity index (χ0n) is 9.19. The Morgan fingerprint density at radius 3 is 2.06 bits per heavy atom. The Labute approximate surface area is 97.7 Å². The Morgan fingerprint density at radius 1 is 1.18 bits per heavy atom. The Hall–Kier alpha value is -2.43. The van der Waals surface area contributed by atoms with Gasteiger partial charge < -0.3 is 0 Å². The minimum atomic E-state index is -0.556. The summed E-state index contributed by atoms with van der Waals surface area (Å²) in [4.78, 5) is 35.0. The van der Waals surface area contributed by atoms with E-state index in [-0.39, 0.29) is 5.57 Å². The first-order valence-electron chi connectivity index (χ1n) is 4.96. The normalized spacial score (nSPS) is 13.6. The highest BCUT2D eigenvalue weighted by molar-refractivity contribution is 6.22. The van der Waals surface area contributed by atoms with E-state index in [0.717, 1.165) is 0 Å². The number of hydrogen-bond acceptors (Lipinski definition) is 3. The fraction of sp³-hybridized carbons (Fsp3) is 0.0833. The van der Waals surface area contributed by atoms with Crippen LogP contribution in [0, 0.1) is 0 Å². The zero-order chi connectivity index (χ0) is 12.6. The van der Waals surface area contributed by atoms with Gasteiger partial charge in [0.05, 0.1) is 11.1 Å². The number of imide groups is 1. The van der Waals surface area contributed by atoms with E-state index >= 15 is 0 Å². The number of rotatable bonds is 2. The molecule has 86 valence electrons. The number of hydrazine groups is 1. The van der Waals surface area contributed by atoms with E-state index in [2.05, 4.69) is 12.0 Å². The fourth-order valence-corrected chi connectivity index (χ4v) is 1.49. The first-order valence-corrected chi connectivity index (χ1v) is 4.96. The lowest BCUT2D eigenvalue weighted by Gasteiger charge is -2.14. The quantitative estimate of drug-likeness (QED) is 0.606. The molecular formula is C12H10N2O3. The van der Waals surface area contributed by atoms with Gasteiger partial charge in [0, 0.05) is 5.57 Å². The molecule has 1 heterocycles. The lowest BCUT2D eigenvalue weighted by molar-refractivity contribution is -0.120. The number of benzene rings is 1. The third-order valence-electron chi connectivity index (χ3n) is 2.40. The van der Waals surface area contributed by atoms with Crippen molar-refractivity contribution in [3.05, 3.63) is 47.5 Å². The molecule has 0 atom stereocenters. The summed E-state index contributed by atoms with van der Waals surface area (Å²) < 4.78 is 0. The number of carbonyl (C=O) groups excluding carboxylic acids is 3. The highest BCUT2D eigenvalue weighted by Gasteiger charge is 2.36. The monoisotopic (exact) mass is 230 g/mol. The summed E-state index contributed by atoms with van der Waals surface area (Å²) in [5.74, 6) is -1.61. The van der Waals surface area contributed by atoms with Crippen LogP contribution in [0.1, 0.15) is 27.6 Å². The van der Waals surface area contributed by atoms with Crippen LogP contribution in [0.5, 0.6) is 0 Å². The third kappa shape index (κ3) is 1.71. The van der Waals surface area contributed by atoms with Crippen molar-refractivity contribution in [2.45, 2.75) is 6.92 Å². The van der Waals surface area contributed by atoms with Crippen LogP contribution in [0.4, 0.5) is 0 Å². The molecule has 1 aliphatic heterocycles. The molecule has 0 saturated heterocycles. The second kappa shape index (κ2) is 3.86. The second-order valence-corrected chi connectivity index (χ2v) is 3.71. The van der Waals surface area contributed by atoms with Crippen LogP contribution in [-0.4, -0.2) is 22.7 Å². The lowest BCUT2D eigenvalue weighted by Crippen LogP contribution is -2.46. The molecular weight excluding hydrogens is 220 g/mol. The fourth-order valence-electron chi connectivity index (χ4n) is 1.49. The van der Waals surface area contributed by atoms with Gasteiger partial charge in [-0.3, -0.25) is 19.8 Å². The number of hydrogen-bond donors (Lipinski definition) is 1. The Balaban J connectivity index is 2.31. The van der Waals surface area contributed by atoms with Gasteiger partial charge in [-0.25, -0.2) is 0 Å². The van der Waals surface area contributed by atoms with Crippen molar-refractivity contribution in [1.29, 1.82) is 0 Å². The summed E-state index contributed by atoms with van der Waals surface area (Å²) >= 11 is 0. The van der Waals surface area contributed by atoms with Gasteiger partial charge in [-0.2, -0.15) is 5.01 Å². The van der Waals surface area contributed by atoms with Gasteiger partial charge in [-0.15, -0.1) is 0 Å². The summed E-state index contributed by atoms with van der Waals surface area (Å²) in [6.07, 6.45) is 0. The summed E-state index contributed by atoms with van der Waals surface area (Å²) in [6.45, 7) is 4.93. The molecule has 1 aliphatic rings. The SMILES string of the molecule is C=C(C)C(=O)NN1C(=O)c2ccccc2C1=O. The number of carbonyl (C=O) groups is 3. The van der Waals surface area contributed by atoms with Crippen molar-refractivity contribution in [1.82, 2.24) is 10.4 Å². The zero-order valence-corrected chi connectivity index (χ0v) is 9.19. The van der Waals surface area contributed by atoms with Crippen molar-refractivity contribution < 1.29 is 14.4 Å². The molecule has 1 aromatic rings. The molecule has 5 nitrogen and oxygen atoms in total. The van der Waals surface area contributed by atoms with Crippen molar-refractivity contribution in [2.24, 2.45) is 0 Å². The average Bonchev–Trinajstić information content (AvgIpc) is 2.55. The molecule has 0 saturated carbocycles. The predicted octanol–water partition coefficient (Wildman–Crippen LogP) is 0.890. The van der Waals surface area contributed by atoms with Crippen LogP contribution in [0.3, 0.4) is 0 Å². The highest BCUT2D eigenvalue weighted by Crippen LogP contribution is 2.20. The number of nitrogens with zero attached hydrogens (tertiary/aromatic N) is 1. The summed E-state index contributed by atoms with van der Waals surface area (Å²) in [6, 6.07) is 6.41. The van der Waals surface area contributed by atoms with Gasteiger partial charge in [0.25, 0.3) is 17.7 Å². The number of amides is 3. The summed E-state index contributed by atoms with van der Waals surface area (Å²) in [5.41, 5.74) is 3.03. The third-order valence-corrected chi connectivity index (χ3v) is 2.40. The smallest absolute Gasteiger partial charge is 0.268 e. The molecule has 0 aromatic heterocycles. The predicted molar refractivity (Wildman–Crippen MR) is 59.9 cm³/mol. The van der Waals surface area contributed by atoms with E-state index in [1.165, 1.54) is 6.92 Å². The number of fused-ring (bicyclic) bond motifs is 1. The van der Waals surface area contributed by atoms with Gasteiger partial charge in [0.1, 0.15) is 0 Å². The molecule has 0 unspecified atom stereocenters. The van der Waals surface area contributed by atoms with Crippen LogP contribution < -0.4 is 5.43 Å². The standard InChI is InChI=1S/C12H10N2O3/c1-7(2)10(15)13-14-11(16)8-5-3-4-6-9(8)12(14)17/h3-6H,1H2,2H3,(H,13,15). The average molecular weight is 230 g/mol. The topological polar surface area (TPSA) is 66.5 Å². The van der Waals surface area contributed by atoms with Crippen LogP contribution in [0.2, 0.25) is 0 Å². The Morgan fingerprint density at radius 2 is 1.65 bits per heavy atom. The maximum atomic E-state index is 11.8. The minimum Gasteiger partial charge on any atom is -0.268 e. The van der Waals surface area contributed by atoms with E-state index < -0.39 is 17.7 Å².